The fourth-order valence-corrected chi connectivity index (χ4v) is 1.91. The van der Waals surface area contributed by atoms with Gasteiger partial charge in [0.15, 0.2) is 0 Å². The van der Waals surface area contributed by atoms with Crippen molar-refractivity contribution in [1.29, 1.82) is 0 Å². The molecule has 0 saturated heterocycles. The van der Waals surface area contributed by atoms with Crippen LogP contribution in [0.25, 0.3) is 0 Å². The van der Waals surface area contributed by atoms with Gasteiger partial charge < -0.3 is 10.2 Å². The van der Waals surface area contributed by atoms with Crippen LogP contribution in [0.4, 0.5) is 4.39 Å². The molecule has 2 aromatic rings. The SMILES string of the molecule is CC/C(=N\NC(=O)c1ccccc1O)c1cc(F)ccc1O. The van der Waals surface area contributed by atoms with Crippen molar-refractivity contribution in [3.8, 4) is 11.5 Å². The number of halogens is 1. The standard InChI is InChI=1S/C16H15FN2O3/c1-2-13(12-9-10(17)7-8-15(12)21)18-19-16(22)11-5-3-4-6-14(11)20/h3-9,20-21H,2H2,1H3,(H,19,22)/b18-13+. The Labute approximate surface area is 126 Å². The average Bonchev–Trinajstić information content (AvgIpc) is 2.51. The van der Waals surface area contributed by atoms with Crippen LogP contribution in [0.2, 0.25) is 0 Å². The van der Waals surface area contributed by atoms with E-state index in [1.54, 1.807) is 19.1 Å². The molecule has 0 spiro atoms. The van der Waals surface area contributed by atoms with Crippen LogP contribution in [-0.4, -0.2) is 21.8 Å². The first kappa shape index (κ1) is 15.5. The zero-order chi connectivity index (χ0) is 16.1. The Kier molecular flexibility index (Phi) is 4.73. The van der Waals surface area contributed by atoms with Crippen molar-refractivity contribution in [2.45, 2.75) is 13.3 Å². The van der Waals surface area contributed by atoms with E-state index in [0.717, 1.165) is 12.1 Å². The van der Waals surface area contributed by atoms with E-state index in [-0.39, 0.29) is 22.6 Å². The molecule has 0 aliphatic rings. The van der Waals surface area contributed by atoms with Crippen LogP contribution in [0.15, 0.2) is 47.6 Å². The van der Waals surface area contributed by atoms with Gasteiger partial charge in [-0.3, -0.25) is 4.79 Å². The van der Waals surface area contributed by atoms with Crippen LogP contribution in [0.5, 0.6) is 11.5 Å². The molecule has 0 atom stereocenters. The topological polar surface area (TPSA) is 81.9 Å². The molecule has 114 valence electrons. The number of hydrogen-bond donors (Lipinski definition) is 3. The second-order valence-electron chi connectivity index (χ2n) is 4.53. The van der Waals surface area contributed by atoms with E-state index in [4.69, 9.17) is 0 Å². The van der Waals surface area contributed by atoms with Crippen LogP contribution >= 0.6 is 0 Å². The number of benzene rings is 2. The minimum Gasteiger partial charge on any atom is -0.507 e. The highest BCUT2D eigenvalue weighted by molar-refractivity contribution is 6.04. The van der Waals surface area contributed by atoms with Crippen molar-refractivity contribution < 1.29 is 19.4 Å². The van der Waals surface area contributed by atoms with Crippen LogP contribution < -0.4 is 5.43 Å². The predicted octanol–water partition coefficient (Wildman–Crippen LogP) is 2.78. The number of amides is 1. The smallest absolute Gasteiger partial charge is 0.275 e. The summed E-state index contributed by atoms with van der Waals surface area (Å²) in [5, 5.41) is 23.3. The number of carbonyl (C=O) groups excluding carboxylic acids is 1. The molecule has 2 aromatic carbocycles. The van der Waals surface area contributed by atoms with Crippen molar-refractivity contribution in [2.24, 2.45) is 5.10 Å². The first-order valence-electron chi connectivity index (χ1n) is 6.66. The molecule has 0 aliphatic heterocycles. The molecular formula is C16H15FN2O3. The lowest BCUT2D eigenvalue weighted by molar-refractivity contribution is 0.0952. The molecule has 22 heavy (non-hydrogen) atoms. The van der Waals surface area contributed by atoms with Gasteiger partial charge in [-0.15, -0.1) is 0 Å². The van der Waals surface area contributed by atoms with E-state index in [9.17, 15) is 19.4 Å². The highest BCUT2D eigenvalue weighted by Gasteiger charge is 2.12. The summed E-state index contributed by atoms with van der Waals surface area (Å²) in [6, 6.07) is 9.54. The monoisotopic (exact) mass is 302 g/mol. The number of hydrazone groups is 1. The summed E-state index contributed by atoms with van der Waals surface area (Å²) >= 11 is 0. The maximum absolute atomic E-state index is 13.3. The summed E-state index contributed by atoms with van der Waals surface area (Å²) in [6.45, 7) is 1.76. The molecule has 0 aliphatic carbocycles. The zero-order valence-corrected chi connectivity index (χ0v) is 11.9. The fourth-order valence-electron chi connectivity index (χ4n) is 1.91. The molecule has 6 heteroatoms. The maximum Gasteiger partial charge on any atom is 0.275 e. The van der Waals surface area contributed by atoms with Crippen molar-refractivity contribution in [1.82, 2.24) is 5.43 Å². The Bertz CT molecular complexity index is 729. The Balaban J connectivity index is 2.25. The minimum atomic E-state index is -0.597. The molecule has 5 nitrogen and oxygen atoms in total. The van der Waals surface area contributed by atoms with Gasteiger partial charge in [-0.1, -0.05) is 19.1 Å². The number of carbonyl (C=O) groups is 1. The molecule has 0 saturated carbocycles. The van der Waals surface area contributed by atoms with Gasteiger partial charge in [0.25, 0.3) is 5.91 Å². The molecule has 1 amide bonds. The van der Waals surface area contributed by atoms with E-state index < -0.39 is 11.7 Å². The van der Waals surface area contributed by atoms with Gasteiger partial charge in [0.05, 0.1) is 11.3 Å². The first-order chi connectivity index (χ1) is 10.5. The number of nitrogens with one attached hydrogen (secondary N) is 1. The van der Waals surface area contributed by atoms with Gasteiger partial charge >= 0.3 is 0 Å². The lowest BCUT2D eigenvalue weighted by Gasteiger charge is -2.08. The molecule has 0 unspecified atom stereocenters. The third-order valence-electron chi connectivity index (χ3n) is 3.05. The van der Waals surface area contributed by atoms with E-state index in [1.165, 1.54) is 18.2 Å². The van der Waals surface area contributed by atoms with Gasteiger partial charge in [0.2, 0.25) is 0 Å². The predicted molar refractivity (Wildman–Crippen MR) is 80.5 cm³/mol. The number of phenols is 2. The van der Waals surface area contributed by atoms with Crippen molar-refractivity contribution in [3.63, 3.8) is 0 Å². The summed E-state index contributed by atoms with van der Waals surface area (Å²) in [7, 11) is 0. The lowest BCUT2D eigenvalue weighted by Crippen LogP contribution is -2.20. The summed E-state index contributed by atoms with van der Waals surface area (Å²) in [5.74, 6) is -1.40. The zero-order valence-electron chi connectivity index (χ0n) is 11.9. The Morgan fingerprint density at radius 2 is 1.82 bits per heavy atom. The molecule has 2 rings (SSSR count). The quantitative estimate of drug-likeness (QED) is 0.600. The highest BCUT2D eigenvalue weighted by Crippen LogP contribution is 2.20. The first-order valence-corrected chi connectivity index (χ1v) is 6.66. The molecular weight excluding hydrogens is 287 g/mol. The number of aromatic hydroxyl groups is 2. The van der Waals surface area contributed by atoms with E-state index in [1.807, 2.05) is 0 Å². The van der Waals surface area contributed by atoms with Crippen LogP contribution in [0, 0.1) is 5.82 Å². The van der Waals surface area contributed by atoms with Crippen molar-refractivity contribution in [3.05, 3.63) is 59.4 Å². The minimum absolute atomic E-state index is 0.0742. The normalized spacial score (nSPS) is 11.3. The third kappa shape index (κ3) is 3.41. The number of para-hydroxylation sites is 1. The second-order valence-corrected chi connectivity index (χ2v) is 4.53. The number of nitrogens with zero attached hydrogens (tertiary/aromatic N) is 1. The Hall–Kier alpha value is -2.89. The summed E-state index contributed by atoms with van der Waals surface area (Å²) in [6.07, 6.45) is 0.373. The molecule has 0 heterocycles. The van der Waals surface area contributed by atoms with E-state index >= 15 is 0 Å². The molecule has 0 radical (unpaired) electrons. The average molecular weight is 302 g/mol. The van der Waals surface area contributed by atoms with E-state index in [2.05, 4.69) is 10.5 Å². The van der Waals surface area contributed by atoms with Crippen LogP contribution in [-0.2, 0) is 0 Å². The van der Waals surface area contributed by atoms with Crippen molar-refractivity contribution >= 4 is 11.6 Å². The molecule has 0 aromatic heterocycles. The third-order valence-corrected chi connectivity index (χ3v) is 3.05. The summed E-state index contributed by atoms with van der Waals surface area (Å²) in [4.78, 5) is 12.0. The highest BCUT2D eigenvalue weighted by atomic mass is 19.1. The van der Waals surface area contributed by atoms with Crippen LogP contribution in [0.3, 0.4) is 0 Å². The van der Waals surface area contributed by atoms with Gasteiger partial charge in [-0.05, 0) is 36.8 Å². The summed E-state index contributed by atoms with van der Waals surface area (Å²) < 4.78 is 13.3. The van der Waals surface area contributed by atoms with Gasteiger partial charge in [0.1, 0.15) is 17.3 Å². The van der Waals surface area contributed by atoms with Gasteiger partial charge in [-0.25, -0.2) is 9.82 Å². The number of phenolic OH excluding ortho intramolecular Hbond substituents is 2. The van der Waals surface area contributed by atoms with Crippen molar-refractivity contribution in [2.75, 3.05) is 0 Å². The molecule has 0 bridgehead atoms. The Morgan fingerprint density at radius 1 is 1.14 bits per heavy atom. The maximum atomic E-state index is 13.3. The fraction of sp³-hybridized carbons (Fsp3) is 0.125. The van der Waals surface area contributed by atoms with Gasteiger partial charge in [0, 0.05) is 5.56 Å². The van der Waals surface area contributed by atoms with Gasteiger partial charge in [-0.2, -0.15) is 5.10 Å². The largest absolute Gasteiger partial charge is 0.507 e. The second kappa shape index (κ2) is 6.71. The molecule has 3 N–H and O–H groups in total. The van der Waals surface area contributed by atoms with Crippen LogP contribution in [0.1, 0.15) is 29.3 Å². The molecule has 0 fully saturated rings. The number of hydrogen-bond acceptors (Lipinski definition) is 4. The lowest BCUT2D eigenvalue weighted by atomic mass is 10.1. The Morgan fingerprint density at radius 3 is 2.50 bits per heavy atom. The van der Waals surface area contributed by atoms with E-state index in [0.29, 0.717) is 12.1 Å². The number of rotatable bonds is 4. The summed E-state index contributed by atoms with van der Waals surface area (Å²) in [5.41, 5.74) is 2.89.